The van der Waals surface area contributed by atoms with E-state index in [-0.39, 0.29) is 12.5 Å². The van der Waals surface area contributed by atoms with Gasteiger partial charge < -0.3 is 5.11 Å². The number of thioether (sulfide) groups is 1. The summed E-state index contributed by atoms with van der Waals surface area (Å²) in [4.78, 5) is 13.2. The zero-order chi connectivity index (χ0) is 13.0. The van der Waals surface area contributed by atoms with Crippen LogP contribution in [-0.4, -0.2) is 40.1 Å². The predicted molar refractivity (Wildman–Crippen MR) is 77.9 cm³/mol. The summed E-state index contributed by atoms with van der Waals surface area (Å²) in [5.74, 6) is 1.30. The van der Waals surface area contributed by atoms with Crippen molar-refractivity contribution in [2.45, 2.75) is 19.0 Å². The molecule has 0 saturated carbocycles. The Morgan fingerprint density at radius 1 is 1.56 bits per heavy atom. The number of carbonyl (C=O) groups is 1. The third-order valence-electron chi connectivity index (χ3n) is 3.03. The molecule has 0 bridgehead atoms. The zero-order valence-corrected chi connectivity index (χ0v) is 12.4. The van der Waals surface area contributed by atoms with Crippen LogP contribution >= 0.6 is 27.7 Å². The first-order chi connectivity index (χ1) is 8.65. The van der Waals surface area contributed by atoms with Crippen molar-refractivity contribution in [3.8, 4) is 0 Å². The van der Waals surface area contributed by atoms with Crippen LogP contribution in [0.5, 0.6) is 0 Å². The van der Waals surface area contributed by atoms with Gasteiger partial charge in [-0.25, -0.2) is 0 Å². The molecule has 1 aliphatic rings. The van der Waals surface area contributed by atoms with Crippen molar-refractivity contribution in [3.05, 3.63) is 34.3 Å². The maximum absolute atomic E-state index is 10.9. The fraction of sp³-hybridized carbons (Fsp3) is 0.462. The molecule has 0 amide bonds. The molecule has 0 spiro atoms. The minimum Gasteiger partial charge on any atom is -0.481 e. The molecule has 0 aromatic heterocycles. The SMILES string of the molecule is O=C(O)CC1CSCCN1Cc1cccc(Br)c1. The number of carboxylic acids is 1. The Balaban J connectivity index is 2.03. The highest BCUT2D eigenvalue weighted by Crippen LogP contribution is 2.22. The molecule has 3 nitrogen and oxygen atoms in total. The highest BCUT2D eigenvalue weighted by atomic mass is 79.9. The van der Waals surface area contributed by atoms with Crippen LogP contribution < -0.4 is 0 Å². The Bertz CT molecular complexity index is 427. The van der Waals surface area contributed by atoms with Crippen molar-refractivity contribution in [2.24, 2.45) is 0 Å². The normalized spacial score (nSPS) is 20.8. The molecule has 1 saturated heterocycles. The summed E-state index contributed by atoms with van der Waals surface area (Å²) in [5, 5.41) is 8.95. The molecule has 1 N–H and O–H groups in total. The summed E-state index contributed by atoms with van der Waals surface area (Å²) < 4.78 is 1.07. The topological polar surface area (TPSA) is 40.5 Å². The maximum atomic E-state index is 10.9. The Hall–Kier alpha value is -0.520. The van der Waals surface area contributed by atoms with E-state index in [4.69, 9.17) is 5.11 Å². The molecule has 1 aromatic rings. The smallest absolute Gasteiger partial charge is 0.304 e. The molecule has 1 unspecified atom stereocenters. The fourth-order valence-corrected chi connectivity index (χ4v) is 3.73. The first-order valence-electron chi connectivity index (χ1n) is 5.93. The zero-order valence-electron chi connectivity index (χ0n) is 10.0. The van der Waals surface area contributed by atoms with Crippen LogP contribution in [0.2, 0.25) is 0 Å². The number of hydrogen-bond acceptors (Lipinski definition) is 3. The quantitative estimate of drug-likeness (QED) is 0.922. The number of nitrogens with zero attached hydrogens (tertiary/aromatic N) is 1. The number of rotatable bonds is 4. The van der Waals surface area contributed by atoms with Crippen LogP contribution in [-0.2, 0) is 11.3 Å². The van der Waals surface area contributed by atoms with E-state index in [1.54, 1.807) is 0 Å². The maximum Gasteiger partial charge on any atom is 0.304 e. The molecule has 98 valence electrons. The Morgan fingerprint density at radius 3 is 3.11 bits per heavy atom. The van der Waals surface area contributed by atoms with Crippen LogP contribution in [0.25, 0.3) is 0 Å². The lowest BCUT2D eigenvalue weighted by Crippen LogP contribution is -2.42. The van der Waals surface area contributed by atoms with E-state index in [0.717, 1.165) is 29.1 Å². The van der Waals surface area contributed by atoms with Crippen LogP contribution in [0.4, 0.5) is 0 Å². The van der Waals surface area contributed by atoms with Crippen LogP contribution in [0.1, 0.15) is 12.0 Å². The van der Waals surface area contributed by atoms with Crippen LogP contribution in [0.15, 0.2) is 28.7 Å². The molecular weight excluding hydrogens is 314 g/mol. The Kier molecular flexibility index (Phi) is 5.09. The Labute approximate surface area is 120 Å². The average Bonchev–Trinajstić information content (AvgIpc) is 2.31. The summed E-state index contributed by atoms with van der Waals surface area (Å²) in [7, 11) is 0. The van der Waals surface area contributed by atoms with Gasteiger partial charge in [-0.1, -0.05) is 28.1 Å². The summed E-state index contributed by atoms with van der Waals surface area (Å²) in [6, 6.07) is 8.36. The molecule has 1 heterocycles. The molecule has 1 atom stereocenters. The van der Waals surface area contributed by atoms with Gasteiger partial charge in [0.25, 0.3) is 0 Å². The second kappa shape index (κ2) is 6.59. The Morgan fingerprint density at radius 2 is 2.39 bits per heavy atom. The van der Waals surface area contributed by atoms with E-state index in [2.05, 4.69) is 33.0 Å². The van der Waals surface area contributed by atoms with E-state index in [1.165, 1.54) is 5.56 Å². The molecule has 0 aliphatic carbocycles. The van der Waals surface area contributed by atoms with E-state index in [0.29, 0.717) is 0 Å². The number of halogens is 1. The van der Waals surface area contributed by atoms with Gasteiger partial charge >= 0.3 is 5.97 Å². The first-order valence-corrected chi connectivity index (χ1v) is 7.88. The fourth-order valence-electron chi connectivity index (χ4n) is 2.16. The summed E-state index contributed by atoms with van der Waals surface area (Å²) in [5.41, 5.74) is 1.23. The highest BCUT2D eigenvalue weighted by Gasteiger charge is 2.24. The van der Waals surface area contributed by atoms with Gasteiger partial charge in [-0.3, -0.25) is 9.69 Å². The molecule has 1 fully saturated rings. The van der Waals surface area contributed by atoms with Gasteiger partial charge in [0.1, 0.15) is 0 Å². The van der Waals surface area contributed by atoms with Gasteiger partial charge in [0.2, 0.25) is 0 Å². The molecule has 1 aliphatic heterocycles. The molecule has 18 heavy (non-hydrogen) atoms. The first kappa shape index (κ1) is 13.9. The monoisotopic (exact) mass is 329 g/mol. The number of benzene rings is 1. The largest absolute Gasteiger partial charge is 0.481 e. The lowest BCUT2D eigenvalue weighted by molar-refractivity contribution is -0.138. The average molecular weight is 330 g/mol. The van der Waals surface area contributed by atoms with Crippen LogP contribution in [0.3, 0.4) is 0 Å². The van der Waals surface area contributed by atoms with E-state index < -0.39 is 5.97 Å². The van der Waals surface area contributed by atoms with E-state index in [9.17, 15) is 4.79 Å². The minimum absolute atomic E-state index is 0.153. The van der Waals surface area contributed by atoms with Crippen molar-refractivity contribution in [2.75, 3.05) is 18.1 Å². The third-order valence-corrected chi connectivity index (χ3v) is 4.62. The second-order valence-corrected chi connectivity index (χ2v) is 6.49. The standard InChI is InChI=1S/C13H16BrNO2S/c14-11-3-1-2-10(6-11)8-15-4-5-18-9-12(15)7-13(16)17/h1-3,6,12H,4-5,7-9H2,(H,16,17). The lowest BCUT2D eigenvalue weighted by Gasteiger charge is -2.34. The van der Waals surface area contributed by atoms with Gasteiger partial charge in [-0.15, -0.1) is 0 Å². The summed E-state index contributed by atoms with van der Waals surface area (Å²) in [6.07, 6.45) is 0.237. The van der Waals surface area contributed by atoms with Gasteiger partial charge in [-0.05, 0) is 17.7 Å². The second-order valence-electron chi connectivity index (χ2n) is 4.43. The molecular formula is C13H16BrNO2S. The number of carboxylic acid groups (broad SMARTS) is 1. The van der Waals surface area contributed by atoms with Gasteiger partial charge in [0, 0.05) is 35.1 Å². The van der Waals surface area contributed by atoms with Crippen molar-refractivity contribution in [1.82, 2.24) is 4.90 Å². The molecule has 0 radical (unpaired) electrons. The van der Waals surface area contributed by atoms with E-state index in [1.807, 2.05) is 23.9 Å². The third kappa shape index (κ3) is 4.00. The number of hydrogen-bond donors (Lipinski definition) is 1. The van der Waals surface area contributed by atoms with Crippen molar-refractivity contribution >= 4 is 33.7 Å². The van der Waals surface area contributed by atoms with Crippen LogP contribution in [0, 0.1) is 0 Å². The minimum atomic E-state index is -0.707. The summed E-state index contributed by atoms with van der Waals surface area (Å²) >= 11 is 5.31. The molecule has 5 heteroatoms. The van der Waals surface area contributed by atoms with Crippen molar-refractivity contribution in [1.29, 1.82) is 0 Å². The van der Waals surface area contributed by atoms with Gasteiger partial charge in [-0.2, -0.15) is 11.8 Å². The molecule has 2 rings (SSSR count). The van der Waals surface area contributed by atoms with E-state index >= 15 is 0 Å². The predicted octanol–water partition coefficient (Wildman–Crippen LogP) is 2.84. The van der Waals surface area contributed by atoms with Crippen molar-refractivity contribution < 1.29 is 9.90 Å². The number of aliphatic carboxylic acids is 1. The lowest BCUT2D eigenvalue weighted by atomic mass is 10.1. The van der Waals surface area contributed by atoms with Crippen molar-refractivity contribution in [3.63, 3.8) is 0 Å². The highest BCUT2D eigenvalue weighted by molar-refractivity contribution is 9.10. The molecule has 1 aromatic carbocycles. The van der Waals surface area contributed by atoms with Gasteiger partial charge in [0.05, 0.1) is 6.42 Å². The van der Waals surface area contributed by atoms with Gasteiger partial charge in [0.15, 0.2) is 0 Å². The summed E-state index contributed by atoms with van der Waals surface area (Å²) in [6.45, 7) is 1.80.